The van der Waals surface area contributed by atoms with E-state index in [-0.39, 0.29) is 22.5 Å². The van der Waals surface area contributed by atoms with Gasteiger partial charge in [-0.3, -0.25) is 9.59 Å². The van der Waals surface area contributed by atoms with E-state index in [1.807, 2.05) is 0 Å². The number of ketones is 2. The predicted molar refractivity (Wildman–Crippen MR) is 59.3 cm³/mol. The second kappa shape index (κ2) is 11.2. The Kier molecular flexibility index (Phi) is 13.4. The summed E-state index contributed by atoms with van der Waals surface area (Å²) in [4.78, 5) is 19.7. The zero-order chi connectivity index (χ0) is 21.7. The minimum Gasteiger partial charge on any atom is -0.504 e. The Morgan fingerprint density at radius 2 is 0.714 bits per heavy atom. The van der Waals surface area contributed by atoms with Crippen molar-refractivity contribution in [3.8, 4) is 0 Å². The Morgan fingerprint density at radius 3 is 0.821 bits per heavy atom. The molecule has 0 aromatic carbocycles. The van der Waals surface area contributed by atoms with Gasteiger partial charge in [-0.2, -0.15) is 52.7 Å². The fraction of sp³-hybridized carbons (Fsp3) is 0.400. The molecule has 167 valence electrons. The van der Waals surface area contributed by atoms with Crippen molar-refractivity contribution in [2.45, 2.75) is 24.7 Å². The first-order valence-electron chi connectivity index (χ1n) is 5.28. The van der Waals surface area contributed by atoms with Gasteiger partial charge in [0.1, 0.15) is 0 Å². The standard InChI is InChI=1S/2C5H2F6O2.Mn.H2O/c2*6-4(7,8)2(12)1-3(13)5(9,10)11;;/h2*1,12H;;1H2/b2*2-1-;;. The smallest absolute Gasteiger partial charge is 0.454 e. The molecule has 0 rings (SSSR count). The van der Waals surface area contributed by atoms with Gasteiger partial charge in [0.15, 0.2) is 0 Å². The minimum absolute atomic E-state index is 0. The summed E-state index contributed by atoms with van der Waals surface area (Å²) in [7, 11) is 0. The van der Waals surface area contributed by atoms with E-state index < -0.39 is 59.9 Å². The van der Waals surface area contributed by atoms with E-state index in [4.69, 9.17) is 10.2 Å². The maximum Gasteiger partial charge on any atom is 0.454 e. The Balaban J connectivity index is -0.000000192. The van der Waals surface area contributed by atoms with E-state index in [1.165, 1.54) is 0 Å². The van der Waals surface area contributed by atoms with Crippen LogP contribution in [0.25, 0.3) is 0 Å². The van der Waals surface area contributed by atoms with Crippen LogP contribution in [-0.2, 0) is 26.7 Å². The minimum atomic E-state index is -5.42. The van der Waals surface area contributed by atoms with Gasteiger partial charge in [-0.05, 0) is 0 Å². The average Bonchev–Trinajstić information content (AvgIpc) is 2.34. The van der Waals surface area contributed by atoms with Crippen molar-refractivity contribution in [3.05, 3.63) is 23.7 Å². The third-order valence-corrected chi connectivity index (χ3v) is 1.68. The van der Waals surface area contributed by atoms with E-state index in [1.54, 1.807) is 0 Å². The molecule has 28 heavy (non-hydrogen) atoms. The summed E-state index contributed by atoms with van der Waals surface area (Å²) in [5, 5.41) is 15.9. The summed E-state index contributed by atoms with van der Waals surface area (Å²) in [5.41, 5.74) is 0. The number of carbonyl (C=O) groups is 2. The van der Waals surface area contributed by atoms with Crippen LogP contribution in [0.1, 0.15) is 0 Å². The Morgan fingerprint density at radius 1 is 0.536 bits per heavy atom. The molecule has 0 saturated carbocycles. The average molecular weight is 489 g/mol. The monoisotopic (exact) mass is 489 g/mol. The Bertz CT molecular complexity index is 530. The Labute approximate surface area is 156 Å². The van der Waals surface area contributed by atoms with Gasteiger partial charge >= 0.3 is 24.7 Å². The quantitative estimate of drug-likeness (QED) is 0.269. The van der Waals surface area contributed by atoms with Gasteiger partial charge < -0.3 is 15.7 Å². The maximum atomic E-state index is 11.4. The maximum absolute atomic E-state index is 11.4. The van der Waals surface area contributed by atoms with Gasteiger partial charge in [0.25, 0.3) is 11.6 Å². The molecule has 0 spiro atoms. The molecule has 0 aliphatic heterocycles. The first-order valence-corrected chi connectivity index (χ1v) is 5.28. The number of carbonyl (C=O) groups excluding carboxylic acids is 2. The van der Waals surface area contributed by atoms with Gasteiger partial charge in [0.2, 0.25) is 11.5 Å². The van der Waals surface area contributed by atoms with Crippen molar-refractivity contribution in [3.63, 3.8) is 0 Å². The largest absolute Gasteiger partial charge is 0.504 e. The molecule has 4 N–H and O–H groups in total. The summed E-state index contributed by atoms with van der Waals surface area (Å²) < 4.78 is 136. The van der Waals surface area contributed by atoms with Crippen LogP contribution in [0.15, 0.2) is 23.7 Å². The first kappa shape index (κ1) is 33.6. The molecule has 0 amide bonds. The first-order chi connectivity index (χ1) is 11.1. The third kappa shape index (κ3) is 14.2. The molecular formula is C10H6F12MnO5. The topological polar surface area (TPSA) is 106 Å². The van der Waals surface area contributed by atoms with E-state index in [0.717, 1.165) is 0 Å². The number of allylic oxidation sites excluding steroid dienone is 4. The van der Waals surface area contributed by atoms with Crippen LogP contribution in [0.4, 0.5) is 52.7 Å². The van der Waals surface area contributed by atoms with Crippen molar-refractivity contribution in [1.82, 2.24) is 0 Å². The number of alkyl halides is 12. The summed E-state index contributed by atoms with van der Waals surface area (Å²) >= 11 is 0. The van der Waals surface area contributed by atoms with E-state index in [2.05, 4.69) is 0 Å². The number of aliphatic hydroxyl groups is 2. The molecule has 0 aliphatic carbocycles. The van der Waals surface area contributed by atoms with Crippen LogP contribution in [0.2, 0.25) is 0 Å². The SMILES string of the molecule is O.O=C(/C=C(\O)C(F)(F)F)C(F)(F)F.O=C(/C=C(\O)C(F)(F)F)C(F)(F)F.[Mn]. The third-order valence-electron chi connectivity index (χ3n) is 1.68. The summed E-state index contributed by atoms with van der Waals surface area (Å²) in [6.07, 6.45) is -23.4. The van der Waals surface area contributed by atoms with Gasteiger partial charge in [-0.25, -0.2) is 0 Å². The van der Waals surface area contributed by atoms with Crippen molar-refractivity contribution in [1.29, 1.82) is 0 Å². The predicted octanol–water partition coefficient (Wildman–Crippen LogP) is 3.42. The molecule has 18 heteroatoms. The summed E-state index contributed by atoms with van der Waals surface area (Å²) in [6.45, 7) is 0. The van der Waals surface area contributed by atoms with Crippen LogP contribution >= 0.6 is 0 Å². The van der Waals surface area contributed by atoms with E-state index in [0.29, 0.717) is 0 Å². The van der Waals surface area contributed by atoms with Crippen molar-refractivity contribution in [2.75, 3.05) is 0 Å². The van der Waals surface area contributed by atoms with Crippen molar-refractivity contribution < 1.29 is 95.0 Å². The zero-order valence-electron chi connectivity index (χ0n) is 12.3. The molecule has 0 saturated heterocycles. The number of hydrogen-bond acceptors (Lipinski definition) is 4. The van der Waals surface area contributed by atoms with Crippen LogP contribution in [0.3, 0.4) is 0 Å². The second-order valence-corrected chi connectivity index (χ2v) is 3.78. The van der Waals surface area contributed by atoms with Gasteiger partial charge in [0.05, 0.1) is 0 Å². The summed E-state index contributed by atoms with van der Waals surface area (Å²) in [6, 6.07) is 0. The molecule has 5 nitrogen and oxygen atoms in total. The molecule has 0 fully saturated rings. The zero-order valence-corrected chi connectivity index (χ0v) is 13.5. The molecule has 0 aliphatic rings. The number of halogens is 12. The molecule has 0 bridgehead atoms. The van der Waals surface area contributed by atoms with Crippen molar-refractivity contribution >= 4 is 11.6 Å². The molecule has 0 unspecified atom stereocenters. The van der Waals surface area contributed by atoms with E-state index in [9.17, 15) is 62.3 Å². The summed E-state index contributed by atoms with van der Waals surface area (Å²) in [5.74, 6) is -10.7. The fourth-order valence-electron chi connectivity index (χ4n) is 0.576. The van der Waals surface area contributed by atoms with Crippen LogP contribution in [0, 0.1) is 0 Å². The van der Waals surface area contributed by atoms with Crippen LogP contribution in [0.5, 0.6) is 0 Å². The van der Waals surface area contributed by atoms with Gasteiger partial charge in [-0.1, -0.05) is 0 Å². The molecule has 0 aromatic rings. The van der Waals surface area contributed by atoms with Gasteiger partial charge in [-0.15, -0.1) is 0 Å². The Hall–Kier alpha value is -1.94. The molecule has 0 heterocycles. The molecule has 0 aromatic heterocycles. The normalized spacial score (nSPS) is 13.4. The number of hydrogen-bond donors (Lipinski definition) is 2. The van der Waals surface area contributed by atoms with Crippen LogP contribution < -0.4 is 0 Å². The number of rotatable bonds is 2. The molecule has 0 atom stereocenters. The van der Waals surface area contributed by atoms with Gasteiger partial charge in [0, 0.05) is 29.2 Å². The van der Waals surface area contributed by atoms with E-state index >= 15 is 0 Å². The molecular weight excluding hydrogens is 483 g/mol. The van der Waals surface area contributed by atoms with Crippen LogP contribution in [-0.4, -0.2) is 52.0 Å². The van der Waals surface area contributed by atoms with Crippen molar-refractivity contribution in [2.24, 2.45) is 0 Å². The second-order valence-electron chi connectivity index (χ2n) is 3.78. The fourth-order valence-corrected chi connectivity index (χ4v) is 0.576. The molecule has 1 radical (unpaired) electrons. The number of aliphatic hydroxyl groups excluding tert-OH is 2.